The van der Waals surface area contributed by atoms with Gasteiger partial charge in [-0.05, 0) is 51.0 Å². The van der Waals surface area contributed by atoms with E-state index >= 15 is 0 Å². The lowest BCUT2D eigenvalue weighted by molar-refractivity contribution is 0.148. The minimum Gasteiger partial charge on any atom is -0.311 e. The van der Waals surface area contributed by atoms with Crippen molar-refractivity contribution in [3.8, 4) is 0 Å². The minimum atomic E-state index is -3.81. The minimum absolute atomic E-state index is 0.134. The Labute approximate surface area is 105 Å². The summed E-state index contributed by atoms with van der Waals surface area (Å²) in [6, 6.07) is 0. The van der Waals surface area contributed by atoms with E-state index in [2.05, 4.69) is 26.1 Å². The van der Waals surface area contributed by atoms with Crippen molar-refractivity contribution >= 4 is 10.1 Å². The Morgan fingerprint density at radius 3 is 2.12 bits per heavy atom. The molecule has 1 aliphatic rings. The van der Waals surface area contributed by atoms with Crippen LogP contribution >= 0.6 is 0 Å². The van der Waals surface area contributed by atoms with Crippen LogP contribution in [0.1, 0.15) is 52.9 Å². The Bertz CT molecular complexity index is 339. The molecule has 0 heterocycles. The molecule has 0 aromatic heterocycles. The van der Waals surface area contributed by atoms with E-state index in [9.17, 15) is 8.42 Å². The van der Waals surface area contributed by atoms with Crippen molar-refractivity contribution in [3.05, 3.63) is 0 Å². The summed E-state index contributed by atoms with van der Waals surface area (Å²) in [5.74, 6) is -0.151. The van der Waals surface area contributed by atoms with Crippen LogP contribution in [0.3, 0.4) is 0 Å². The van der Waals surface area contributed by atoms with Gasteiger partial charge in [-0.25, -0.2) is 0 Å². The van der Waals surface area contributed by atoms with E-state index in [-0.39, 0.29) is 11.3 Å². The molecule has 0 unspecified atom stereocenters. The van der Waals surface area contributed by atoms with E-state index < -0.39 is 10.1 Å². The molecule has 0 aliphatic heterocycles. The van der Waals surface area contributed by atoms with Gasteiger partial charge in [-0.3, -0.25) is 4.55 Å². The summed E-state index contributed by atoms with van der Waals surface area (Å²) in [7, 11) is -3.81. The van der Waals surface area contributed by atoms with Crippen molar-refractivity contribution in [2.24, 2.45) is 5.41 Å². The summed E-state index contributed by atoms with van der Waals surface area (Å²) in [5.41, 5.74) is 0.574. The van der Waals surface area contributed by atoms with E-state index in [4.69, 9.17) is 4.55 Å². The molecule has 17 heavy (non-hydrogen) atoms. The molecular weight excluding hydrogens is 238 g/mol. The lowest BCUT2D eigenvalue weighted by Gasteiger charge is -2.42. The zero-order valence-electron chi connectivity index (χ0n) is 11.1. The van der Waals surface area contributed by atoms with Crippen LogP contribution in [0.5, 0.6) is 0 Å². The summed E-state index contributed by atoms with van der Waals surface area (Å²) in [6.07, 6.45) is 5.14. The Morgan fingerprint density at radius 1 is 1.12 bits per heavy atom. The first-order valence-corrected chi connectivity index (χ1v) is 7.93. The summed E-state index contributed by atoms with van der Waals surface area (Å²) in [5, 5.41) is 3.43. The van der Waals surface area contributed by atoms with Gasteiger partial charge in [0.2, 0.25) is 0 Å². The zero-order chi connectivity index (χ0) is 13.2. The van der Waals surface area contributed by atoms with Gasteiger partial charge in [0.05, 0.1) is 5.75 Å². The fourth-order valence-corrected chi connectivity index (χ4v) is 2.81. The van der Waals surface area contributed by atoms with E-state index in [0.29, 0.717) is 18.4 Å². The molecule has 0 atom stereocenters. The van der Waals surface area contributed by atoms with Crippen LogP contribution in [-0.2, 0) is 10.1 Å². The number of hydrogen-bond donors (Lipinski definition) is 2. The van der Waals surface area contributed by atoms with Crippen molar-refractivity contribution in [2.75, 3.05) is 12.3 Å². The molecule has 0 saturated heterocycles. The second kappa shape index (κ2) is 5.24. The SMILES string of the molecule is CC1(C)CCC(C)(NCCCS(=O)(=O)O)CC1. The quantitative estimate of drug-likeness (QED) is 0.589. The predicted molar refractivity (Wildman–Crippen MR) is 69.7 cm³/mol. The zero-order valence-corrected chi connectivity index (χ0v) is 11.9. The van der Waals surface area contributed by atoms with Gasteiger partial charge in [-0.1, -0.05) is 13.8 Å². The number of rotatable bonds is 5. The Morgan fingerprint density at radius 2 is 1.65 bits per heavy atom. The first-order chi connectivity index (χ1) is 7.62. The molecule has 0 radical (unpaired) electrons. The average Bonchev–Trinajstić information content (AvgIpc) is 2.17. The third kappa shape index (κ3) is 5.84. The van der Waals surface area contributed by atoms with Gasteiger partial charge < -0.3 is 5.32 Å². The number of hydrogen-bond acceptors (Lipinski definition) is 3. The van der Waals surface area contributed by atoms with Gasteiger partial charge in [-0.15, -0.1) is 0 Å². The largest absolute Gasteiger partial charge is 0.311 e. The molecule has 1 aliphatic carbocycles. The maximum atomic E-state index is 10.6. The molecule has 102 valence electrons. The summed E-state index contributed by atoms with van der Waals surface area (Å²) in [4.78, 5) is 0. The van der Waals surface area contributed by atoms with Crippen LogP contribution in [0.25, 0.3) is 0 Å². The van der Waals surface area contributed by atoms with Crippen molar-refractivity contribution in [3.63, 3.8) is 0 Å². The molecule has 0 amide bonds. The fourth-order valence-electron chi connectivity index (χ4n) is 2.30. The first kappa shape index (κ1) is 14.9. The second-order valence-electron chi connectivity index (χ2n) is 6.29. The second-order valence-corrected chi connectivity index (χ2v) is 7.86. The molecule has 4 nitrogen and oxygen atoms in total. The first-order valence-electron chi connectivity index (χ1n) is 6.32. The van der Waals surface area contributed by atoms with E-state index in [1.54, 1.807) is 0 Å². The molecule has 0 bridgehead atoms. The predicted octanol–water partition coefficient (Wildman–Crippen LogP) is 2.21. The molecule has 0 spiro atoms. The van der Waals surface area contributed by atoms with Gasteiger partial charge in [-0.2, -0.15) is 8.42 Å². The van der Waals surface area contributed by atoms with Crippen molar-refractivity contribution in [2.45, 2.75) is 58.4 Å². The third-order valence-corrected chi connectivity index (χ3v) is 4.64. The highest BCUT2D eigenvalue weighted by atomic mass is 32.2. The van der Waals surface area contributed by atoms with Crippen LogP contribution in [0, 0.1) is 5.41 Å². The monoisotopic (exact) mass is 263 g/mol. The smallest absolute Gasteiger partial charge is 0.264 e. The van der Waals surface area contributed by atoms with E-state index in [0.717, 1.165) is 12.8 Å². The van der Waals surface area contributed by atoms with Crippen molar-refractivity contribution in [1.82, 2.24) is 5.32 Å². The van der Waals surface area contributed by atoms with Gasteiger partial charge in [0.15, 0.2) is 0 Å². The maximum absolute atomic E-state index is 10.6. The maximum Gasteiger partial charge on any atom is 0.264 e. The highest BCUT2D eigenvalue weighted by Crippen LogP contribution is 2.39. The van der Waals surface area contributed by atoms with Gasteiger partial charge in [0, 0.05) is 5.54 Å². The third-order valence-electron chi connectivity index (χ3n) is 3.84. The standard InChI is InChI=1S/C12H25NO3S/c1-11(2)5-7-12(3,8-6-11)13-9-4-10-17(14,15)16/h13H,4-10H2,1-3H3,(H,14,15,16). The highest BCUT2D eigenvalue weighted by molar-refractivity contribution is 7.85. The van der Waals surface area contributed by atoms with Crippen molar-refractivity contribution < 1.29 is 13.0 Å². The number of nitrogens with one attached hydrogen (secondary N) is 1. The van der Waals surface area contributed by atoms with Crippen LogP contribution in [0.4, 0.5) is 0 Å². The lowest BCUT2D eigenvalue weighted by Crippen LogP contribution is -2.47. The summed E-state index contributed by atoms with van der Waals surface area (Å²) < 4.78 is 29.8. The molecular formula is C12H25NO3S. The molecule has 5 heteroatoms. The van der Waals surface area contributed by atoms with Crippen LogP contribution < -0.4 is 5.32 Å². The van der Waals surface area contributed by atoms with Crippen molar-refractivity contribution in [1.29, 1.82) is 0 Å². The Hall–Kier alpha value is -0.130. The van der Waals surface area contributed by atoms with Crippen LogP contribution in [0.2, 0.25) is 0 Å². The molecule has 0 aromatic carbocycles. The molecule has 1 saturated carbocycles. The Balaban J connectivity index is 2.28. The van der Waals surface area contributed by atoms with Gasteiger partial charge in [0.1, 0.15) is 0 Å². The Kier molecular flexibility index (Phi) is 4.60. The van der Waals surface area contributed by atoms with E-state index in [1.807, 2.05) is 0 Å². The molecule has 2 N–H and O–H groups in total. The lowest BCUT2D eigenvalue weighted by atomic mass is 9.70. The summed E-state index contributed by atoms with van der Waals surface area (Å²) in [6.45, 7) is 7.45. The topological polar surface area (TPSA) is 66.4 Å². The normalized spacial score (nSPS) is 23.5. The highest BCUT2D eigenvalue weighted by Gasteiger charge is 2.34. The fraction of sp³-hybridized carbons (Fsp3) is 1.00. The summed E-state index contributed by atoms with van der Waals surface area (Å²) >= 11 is 0. The van der Waals surface area contributed by atoms with Gasteiger partial charge in [0.25, 0.3) is 10.1 Å². The van der Waals surface area contributed by atoms with Crippen LogP contribution in [-0.4, -0.2) is 30.8 Å². The van der Waals surface area contributed by atoms with Gasteiger partial charge >= 0.3 is 0 Å². The van der Waals surface area contributed by atoms with Crippen LogP contribution in [0.15, 0.2) is 0 Å². The molecule has 1 rings (SSSR count). The molecule has 0 aromatic rings. The van der Waals surface area contributed by atoms with E-state index in [1.165, 1.54) is 12.8 Å². The average molecular weight is 263 g/mol. The molecule has 1 fully saturated rings.